The molecule has 0 bridgehead atoms. The van der Waals surface area contributed by atoms with Crippen LogP contribution < -0.4 is 5.32 Å². The van der Waals surface area contributed by atoms with Crippen molar-refractivity contribution in [2.24, 2.45) is 0 Å². The molecule has 2 heterocycles. The Morgan fingerprint density at radius 3 is 2.34 bits per heavy atom. The molecule has 3 aromatic carbocycles. The number of amides is 1. The number of nitrogens with zero attached hydrogens (tertiary/aromatic N) is 3. The van der Waals surface area contributed by atoms with Gasteiger partial charge in [-0.25, -0.2) is 4.79 Å². The first-order valence-electron chi connectivity index (χ1n) is 14.4. The molecule has 0 saturated heterocycles. The molecule has 7 nitrogen and oxygen atoms in total. The van der Waals surface area contributed by atoms with Crippen LogP contribution in [0.25, 0.3) is 10.9 Å². The average molecular weight is 550 g/mol. The van der Waals surface area contributed by atoms with Gasteiger partial charge in [0, 0.05) is 29.9 Å². The first-order chi connectivity index (χ1) is 19.8. The number of ether oxygens (including phenoxy) is 1. The minimum Gasteiger partial charge on any atom is -0.444 e. The lowest BCUT2D eigenvalue weighted by Gasteiger charge is -2.24. The van der Waals surface area contributed by atoms with E-state index in [9.17, 15) is 4.79 Å². The number of hydrogen-bond acceptors (Lipinski definition) is 4. The molecule has 0 aliphatic heterocycles. The number of aryl methyl sites for hydroxylation is 3. The number of aromatic amines is 1. The number of hydrogen-bond donors (Lipinski definition) is 2. The Kier molecular flexibility index (Phi) is 8.53. The molecule has 2 aromatic heterocycles. The van der Waals surface area contributed by atoms with E-state index in [0.717, 1.165) is 47.1 Å². The molecule has 1 amide bonds. The van der Waals surface area contributed by atoms with Crippen molar-refractivity contribution in [2.75, 3.05) is 0 Å². The van der Waals surface area contributed by atoms with Crippen molar-refractivity contribution < 1.29 is 9.53 Å². The van der Waals surface area contributed by atoms with Gasteiger partial charge in [-0.05, 0) is 61.9 Å². The van der Waals surface area contributed by atoms with Gasteiger partial charge >= 0.3 is 6.09 Å². The largest absolute Gasteiger partial charge is 0.444 e. The molecule has 0 fully saturated rings. The number of rotatable bonds is 10. The van der Waals surface area contributed by atoms with Gasteiger partial charge < -0.3 is 19.6 Å². The molecule has 5 rings (SSSR count). The molecule has 0 unspecified atom stereocenters. The lowest BCUT2D eigenvalue weighted by Crippen LogP contribution is -2.37. The Hall–Kier alpha value is -4.39. The molecule has 5 aromatic rings. The minimum atomic E-state index is -0.620. The Balaban J connectivity index is 1.52. The summed E-state index contributed by atoms with van der Waals surface area (Å²) >= 11 is 0. The number of nitrogens with one attached hydrogen (secondary N) is 2. The van der Waals surface area contributed by atoms with Crippen LogP contribution in [0, 0.1) is 0 Å². The number of fused-ring (bicyclic) bond motifs is 1. The predicted molar refractivity (Wildman–Crippen MR) is 163 cm³/mol. The van der Waals surface area contributed by atoms with Crippen molar-refractivity contribution in [1.29, 1.82) is 0 Å². The summed E-state index contributed by atoms with van der Waals surface area (Å²) in [5.41, 5.74) is 5.23. The monoisotopic (exact) mass is 549 g/mol. The highest BCUT2D eigenvalue weighted by molar-refractivity contribution is 5.83. The zero-order chi connectivity index (χ0) is 28.8. The van der Waals surface area contributed by atoms with Crippen molar-refractivity contribution in [2.45, 2.75) is 71.6 Å². The molecular formula is C34H39N5O2. The minimum absolute atomic E-state index is 0.447. The summed E-state index contributed by atoms with van der Waals surface area (Å²) in [7, 11) is 0. The van der Waals surface area contributed by atoms with Gasteiger partial charge in [-0.15, -0.1) is 10.2 Å². The topological polar surface area (TPSA) is 84.8 Å². The van der Waals surface area contributed by atoms with Crippen molar-refractivity contribution in [1.82, 2.24) is 25.1 Å². The second-order valence-corrected chi connectivity index (χ2v) is 11.5. The summed E-state index contributed by atoms with van der Waals surface area (Å²) in [6.45, 7) is 8.37. The van der Waals surface area contributed by atoms with Gasteiger partial charge in [-0.2, -0.15) is 0 Å². The van der Waals surface area contributed by atoms with E-state index in [1.807, 2.05) is 45.2 Å². The van der Waals surface area contributed by atoms with Gasteiger partial charge in [-0.3, -0.25) is 0 Å². The van der Waals surface area contributed by atoms with Crippen molar-refractivity contribution in [3.63, 3.8) is 0 Å². The maximum absolute atomic E-state index is 13.1. The third kappa shape index (κ3) is 7.23. The normalized spacial score (nSPS) is 12.4. The van der Waals surface area contributed by atoms with Crippen LogP contribution in [0.4, 0.5) is 4.79 Å². The third-order valence-corrected chi connectivity index (χ3v) is 7.21. The number of para-hydroxylation sites is 1. The fraction of sp³-hybridized carbons (Fsp3) is 0.324. The highest BCUT2D eigenvalue weighted by Gasteiger charge is 2.27. The lowest BCUT2D eigenvalue weighted by atomic mass is 10.0. The Morgan fingerprint density at radius 1 is 0.902 bits per heavy atom. The maximum Gasteiger partial charge on any atom is 0.408 e. The molecule has 41 heavy (non-hydrogen) atoms. The Morgan fingerprint density at radius 2 is 1.61 bits per heavy atom. The molecule has 0 aliphatic rings. The fourth-order valence-corrected chi connectivity index (χ4v) is 5.11. The van der Waals surface area contributed by atoms with Gasteiger partial charge in [0.1, 0.15) is 11.4 Å². The van der Waals surface area contributed by atoms with Crippen LogP contribution in [0.3, 0.4) is 0 Å². The average Bonchev–Trinajstić information content (AvgIpc) is 3.55. The van der Waals surface area contributed by atoms with Crippen molar-refractivity contribution in [3.8, 4) is 0 Å². The van der Waals surface area contributed by atoms with E-state index in [4.69, 9.17) is 9.84 Å². The number of H-pyrrole nitrogens is 1. The fourth-order valence-electron chi connectivity index (χ4n) is 5.11. The quantitative estimate of drug-likeness (QED) is 0.197. The summed E-state index contributed by atoms with van der Waals surface area (Å²) in [4.78, 5) is 16.5. The molecule has 2 N–H and O–H groups in total. The van der Waals surface area contributed by atoms with E-state index < -0.39 is 17.7 Å². The van der Waals surface area contributed by atoms with E-state index in [1.54, 1.807) is 0 Å². The van der Waals surface area contributed by atoms with Gasteiger partial charge in [0.2, 0.25) is 0 Å². The van der Waals surface area contributed by atoms with Crippen LogP contribution >= 0.6 is 0 Å². The summed E-state index contributed by atoms with van der Waals surface area (Å²) in [6.07, 6.45) is 4.64. The molecule has 7 heteroatoms. The number of alkyl carbamates (subject to hydrolysis) is 1. The molecular weight excluding hydrogens is 510 g/mol. The van der Waals surface area contributed by atoms with E-state index in [0.29, 0.717) is 18.8 Å². The van der Waals surface area contributed by atoms with Gasteiger partial charge in [0.15, 0.2) is 5.82 Å². The zero-order valence-electron chi connectivity index (χ0n) is 24.4. The molecule has 1 atom stereocenters. The highest BCUT2D eigenvalue weighted by Crippen LogP contribution is 2.26. The van der Waals surface area contributed by atoms with Gasteiger partial charge in [0.25, 0.3) is 0 Å². The van der Waals surface area contributed by atoms with Crippen LogP contribution in [0.2, 0.25) is 0 Å². The van der Waals surface area contributed by atoms with Crippen molar-refractivity contribution >= 4 is 17.0 Å². The summed E-state index contributed by atoms with van der Waals surface area (Å²) < 4.78 is 7.84. The second-order valence-electron chi connectivity index (χ2n) is 11.5. The summed E-state index contributed by atoms with van der Waals surface area (Å²) in [5, 5.41) is 13.6. The van der Waals surface area contributed by atoms with Crippen LogP contribution in [0.1, 0.15) is 67.6 Å². The van der Waals surface area contributed by atoms with Crippen LogP contribution in [0.5, 0.6) is 0 Å². The SMILES string of the molecule is CCc1ccc(Cn2c(CCc3ccccc3)nnc2[C@@H](Cc2c[nH]c3ccccc23)NC(=O)OC(C)(C)C)cc1. The molecule has 0 aliphatic carbocycles. The molecule has 0 saturated carbocycles. The number of carbonyl (C=O) groups is 1. The van der Waals surface area contributed by atoms with E-state index in [1.165, 1.54) is 11.1 Å². The number of aromatic nitrogens is 4. The predicted octanol–water partition coefficient (Wildman–Crippen LogP) is 6.96. The van der Waals surface area contributed by atoms with Gasteiger partial charge in [-0.1, -0.05) is 79.7 Å². The first-order valence-corrected chi connectivity index (χ1v) is 14.4. The number of benzene rings is 3. The zero-order valence-corrected chi connectivity index (χ0v) is 24.4. The molecule has 0 radical (unpaired) electrons. The van der Waals surface area contributed by atoms with E-state index >= 15 is 0 Å². The van der Waals surface area contributed by atoms with E-state index in [2.05, 4.69) is 87.6 Å². The lowest BCUT2D eigenvalue weighted by molar-refractivity contribution is 0.0500. The van der Waals surface area contributed by atoms with Crippen LogP contribution in [0.15, 0.2) is 85.1 Å². The summed E-state index contributed by atoms with van der Waals surface area (Å²) in [5.74, 6) is 1.60. The van der Waals surface area contributed by atoms with E-state index in [-0.39, 0.29) is 0 Å². The summed E-state index contributed by atoms with van der Waals surface area (Å²) in [6, 6.07) is 26.8. The smallest absolute Gasteiger partial charge is 0.408 e. The maximum atomic E-state index is 13.1. The van der Waals surface area contributed by atoms with Crippen LogP contribution in [-0.4, -0.2) is 31.4 Å². The second kappa shape index (κ2) is 12.4. The van der Waals surface area contributed by atoms with Crippen molar-refractivity contribution in [3.05, 3.63) is 119 Å². The Labute approximate surface area is 242 Å². The molecule has 0 spiro atoms. The van der Waals surface area contributed by atoms with Gasteiger partial charge in [0.05, 0.1) is 12.6 Å². The highest BCUT2D eigenvalue weighted by atomic mass is 16.6. The third-order valence-electron chi connectivity index (χ3n) is 7.21. The van der Waals surface area contributed by atoms with Crippen LogP contribution in [-0.2, 0) is 37.0 Å². The Bertz CT molecular complexity index is 1580. The molecule has 212 valence electrons. The first kappa shape index (κ1) is 28.1. The number of carbonyl (C=O) groups excluding carboxylic acids is 1. The standard InChI is InChI=1S/C34H39N5O2/c1-5-24-15-17-26(18-16-24)23-39-31(20-19-25-11-7-6-8-12-25)37-38-32(39)30(36-33(40)41-34(2,3)4)21-27-22-35-29-14-10-9-13-28(27)29/h6-18,22,30,35H,5,19-21,23H2,1-4H3,(H,36,40)/t30-/m1/s1.